The number of carbonyl (C=O) groups excluding carboxylic acids is 1. The minimum absolute atomic E-state index is 0.0737. The van der Waals surface area contributed by atoms with Gasteiger partial charge in [-0.25, -0.2) is 8.42 Å². The Morgan fingerprint density at radius 1 is 0.971 bits per heavy atom. The summed E-state index contributed by atoms with van der Waals surface area (Å²) in [5.41, 5.74) is 1.65. The van der Waals surface area contributed by atoms with E-state index in [0.29, 0.717) is 30.2 Å². The molecule has 0 radical (unpaired) electrons. The highest BCUT2D eigenvalue weighted by Crippen LogP contribution is 2.23. The van der Waals surface area contributed by atoms with Crippen molar-refractivity contribution < 1.29 is 22.7 Å². The molecule has 9 heteroatoms. The van der Waals surface area contributed by atoms with Crippen molar-refractivity contribution in [3.63, 3.8) is 0 Å². The zero-order valence-corrected chi connectivity index (χ0v) is 21.1. The first-order valence-corrected chi connectivity index (χ1v) is 12.7. The van der Waals surface area contributed by atoms with E-state index < -0.39 is 10.0 Å². The van der Waals surface area contributed by atoms with Crippen molar-refractivity contribution in [1.29, 1.82) is 0 Å². The van der Waals surface area contributed by atoms with Crippen molar-refractivity contribution in [2.24, 2.45) is 0 Å². The Hall–Kier alpha value is -3.56. The van der Waals surface area contributed by atoms with E-state index in [2.05, 4.69) is 10.0 Å². The van der Waals surface area contributed by atoms with Crippen molar-refractivity contribution in [1.82, 2.24) is 10.2 Å². The van der Waals surface area contributed by atoms with Crippen molar-refractivity contribution in [3.05, 3.63) is 83.9 Å². The first kappa shape index (κ1) is 26.1. The third-order valence-electron chi connectivity index (χ3n) is 5.38. The second-order valence-corrected chi connectivity index (χ2v) is 9.74. The molecule has 8 nitrogen and oxygen atoms in total. The summed E-state index contributed by atoms with van der Waals surface area (Å²) in [5, 5.41) is 2.94. The molecular weight excluding hydrogens is 466 g/mol. The Kier molecular flexibility index (Phi) is 8.73. The second-order valence-electron chi connectivity index (χ2n) is 8.06. The Morgan fingerprint density at radius 2 is 1.69 bits per heavy atom. The molecule has 1 amide bonds. The van der Waals surface area contributed by atoms with Crippen LogP contribution >= 0.6 is 0 Å². The summed E-state index contributed by atoms with van der Waals surface area (Å²) >= 11 is 0. The minimum Gasteiger partial charge on any atom is -0.497 e. The molecule has 0 aliphatic rings. The van der Waals surface area contributed by atoms with Gasteiger partial charge in [0.05, 0.1) is 24.7 Å². The number of sulfonamides is 1. The van der Waals surface area contributed by atoms with Crippen LogP contribution in [0.2, 0.25) is 0 Å². The first-order valence-electron chi connectivity index (χ1n) is 11.2. The summed E-state index contributed by atoms with van der Waals surface area (Å²) < 4.78 is 38.8. The predicted octanol–water partition coefficient (Wildman–Crippen LogP) is 3.93. The molecule has 3 aromatic carbocycles. The van der Waals surface area contributed by atoms with Crippen molar-refractivity contribution in [3.8, 4) is 11.5 Å². The summed E-state index contributed by atoms with van der Waals surface area (Å²) in [6, 6.07) is 20.2. The zero-order chi connectivity index (χ0) is 25.4. The Labute approximate surface area is 206 Å². The van der Waals surface area contributed by atoms with Crippen LogP contribution in [0, 0.1) is 0 Å². The summed E-state index contributed by atoms with van der Waals surface area (Å²) in [5.74, 6) is 1.03. The van der Waals surface area contributed by atoms with Gasteiger partial charge >= 0.3 is 0 Å². The molecule has 2 N–H and O–H groups in total. The molecule has 0 saturated carbocycles. The lowest BCUT2D eigenvalue weighted by molar-refractivity contribution is 0.0942. The fraction of sp³-hybridized carbons (Fsp3) is 0.269. The normalized spacial score (nSPS) is 12.1. The highest BCUT2D eigenvalue weighted by Gasteiger charge is 2.18. The molecule has 0 aromatic heterocycles. The molecule has 1 atom stereocenters. The van der Waals surface area contributed by atoms with Gasteiger partial charge in [-0.2, -0.15) is 0 Å². The number of carbonyl (C=O) groups is 1. The van der Waals surface area contributed by atoms with Crippen LogP contribution in [0.3, 0.4) is 0 Å². The average molecular weight is 498 g/mol. The topological polar surface area (TPSA) is 97.0 Å². The number of methoxy groups -OCH3 is 1. The fourth-order valence-electron chi connectivity index (χ4n) is 3.56. The SMILES string of the molecule is CCOc1ccc(S(=O)(=O)Nc2cccc(C(=O)NCC(c3cccc(OC)c3)N(C)C)c2)cc1. The quantitative estimate of drug-likeness (QED) is 0.417. The van der Waals surface area contributed by atoms with E-state index in [0.717, 1.165) is 11.3 Å². The van der Waals surface area contributed by atoms with E-state index in [1.807, 2.05) is 50.2 Å². The molecule has 3 rings (SSSR count). The van der Waals surface area contributed by atoms with Crippen LogP contribution in [-0.2, 0) is 10.0 Å². The standard InChI is InChI=1S/C26H31N3O5S/c1-5-34-22-12-14-24(15-13-22)35(31,32)28-21-10-6-9-20(16-21)26(30)27-18-25(29(2)3)19-8-7-11-23(17-19)33-4/h6-17,25,28H,5,18H2,1-4H3,(H,27,30). The van der Waals surface area contributed by atoms with Crippen LogP contribution in [-0.4, -0.2) is 53.6 Å². The Morgan fingerprint density at radius 3 is 2.34 bits per heavy atom. The molecule has 0 aliphatic heterocycles. The maximum atomic E-state index is 12.9. The third kappa shape index (κ3) is 6.97. The number of likely N-dealkylation sites (N-methyl/N-ethyl adjacent to an activating group) is 1. The third-order valence-corrected chi connectivity index (χ3v) is 6.78. The molecule has 3 aromatic rings. The van der Waals surface area contributed by atoms with Crippen LogP contribution in [0.25, 0.3) is 0 Å². The molecule has 35 heavy (non-hydrogen) atoms. The molecule has 0 heterocycles. The number of ether oxygens (including phenoxy) is 2. The van der Waals surface area contributed by atoms with Gasteiger partial charge in [0.2, 0.25) is 0 Å². The number of rotatable bonds is 11. The van der Waals surface area contributed by atoms with E-state index in [1.54, 1.807) is 37.4 Å². The molecule has 186 valence electrons. The average Bonchev–Trinajstić information content (AvgIpc) is 2.84. The van der Waals surface area contributed by atoms with Gasteiger partial charge in [0.1, 0.15) is 11.5 Å². The van der Waals surface area contributed by atoms with Gasteiger partial charge in [0, 0.05) is 17.8 Å². The van der Waals surface area contributed by atoms with Gasteiger partial charge in [-0.15, -0.1) is 0 Å². The van der Waals surface area contributed by atoms with Crippen LogP contribution in [0.1, 0.15) is 28.9 Å². The van der Waals surface area contributed by atoms with Crippen LogP contribution in [0.5, 0.6) is 11.5 Å². The lowest BCUT2D eigenvalue weighted by atomic mass is 10.1. The first-order chi connectivity index (χ1) is 16.7. The predicted molar refractivity (Wildman–Crippen MR) is 137 cm³/mol. The van der Waals surface area contributed by atoms with Crippen LogP contribution < -0.4 is 19.5 Å². The maximum absolute atomic E-state index is 12.9. The van der Waals surface area contributed by atoms with Gasteiger partial charge < -0.3 is 19.7 Å². The Balaban J connectivity index is 1.70. The van der Waals surface area contributed by atoms with Crippen LogP contribution in [0.4, 0.5) is 5.69 Å². The van der Waals surface area contributed by atoms with Gasteiger partial charge in [0.15, 0.2) is 0 Å². The summed E-state index contributed by atoms with van der Waals surface area (Å²) in [7, 11) is 1.67. The molecule has 1 unspecified atom stereocenters. The molecule has 0 saturated heterocycles. The molecular formula is C26H31N3O5S. The van der Waals surface area contributed by atoms with Gasteiger partial charge in [-0.1, -0.05) is 18.2 Å². The fourth-order valence-corrected chi connectivity index (χ4v) is 4.61. The van der Waals surface area contributed by atoms with E-state index >= 15 is 0 Å². The summed E-state index contributed by atoms with van der Waals surface area (Å²) in [6.07, 6.45) is 0. The highest BCUT2D eigenvalue weighted by molar-refractivity contribution is 7.92. The van der Waals surface area contributed by atoms with Crippen molar-refractivity contribution >= 4 is 21.6 Å². The maximum Gasteiger partial charge on any atom is 0.261 e. The van der Waals surface area contributed by atoms with Crippen molar-refractivity contribution in [2.75, 3.05) is 39.1 Å². The number of benzene rings is 3. The molecule has 0 aliphatic carbocycles. The van der Waals surface area contributed by atoms with Gasteiger partial charge in [-0.3, -0.25) is 9.52 Å². The van der Waals surface area contributed by atoms with E-state index in [4.69, 9.17) is 9.47 Å². The number of nitrogens with zero attached hydrogens (tertiary/aromatic N) is 1. The second kappa shape index (κ2) is 11.7. The van der Waals surface area contributed by atoms with Gasteiger partial charge in [-0.05, 0) is 81.2 Å². The van der Waals surface area contributed by atoms with E-state index in [9.17, 15) is 13.2 Å². The number of anilines is 1. The zero-order valence-electron chi connectivity index (χ0n) is 20.3. The highest BCUT2D eigenvalue weighted by atomic mass is 32.2. The number of amides is 1. The minimum atomic E-state index is -3.82. The molecule has 0 fully saturated rings. The lowest BCUT2D eigenvalue weighted by Gasteiger charge is -2.25. The smallest absolute Gasteiger partial charge is 0.261 e. The van der Waals surface area contributed by atoms with E-state index in [1.165, 1.54) is 18.2 Å². The lowest BCUT2D eigenvalue weighted by Crippen LogP contribution is -2.34. The van der Waals surface area contributed by atoms with E-state index in [-0.39, 0.29) is 16.8 Å². The van der Waals surface area contributed by atoms with Gasteiger partial charge in [0.25, 0.3) is 15.9 Å². The monoisotopic (exact) mass is 497 g/mol. The molecule has 0 bridgehead atoms. The van der Waals surface area contributed by atoms with Crippen molar-refractivity contribution in [2.45, 2.75) is 17.9 Å². The Bertz CT molecular complexity index is 1240. The number of hydrogen-bond acceptors (Lipinski definition) is 6. The largest absolute Gasteiger partial charge is 0.497 e. The number of nitrogens with one attached hydrogen (secondary N) is 2. The molecule has 0 spiro atoms. The summed E-state index contributed by atoms with van der Waals surface area (Å²) in [6.45, 7) is 2.71. The number of hydrogen-bond donors (Lipinski definition) is 2. The summed E-state index contributed by atoms with van der Waals surface area (Å²) in [4.78, 5) is 15.0. The van der Waals surface area contributed by atoms with Crippen LogP contribution in [0.15, 0.2) is 77.7 Å².